The Morgan fingerprint density at radius 1 is 1.00 bits per heavy atom. The van der Waals surface area contributed by atoms with E-state index >= 15 is 0 Å². The van der Waals surface area contributed by atoms with E-state index in [1.165, 1.54) is 12.1 Å². The number of hydrogen-bond acceptors (Lipinski definition) is 4. The zero-order valence-corrected chi connectivity index (χ0v) is 14.8. The van der Waals surface area contributed by atoms with Crippen molar-refractivity contribution < 1.29 is 4.39 Å². The molecule has 0 unspecified atom stereocenters. The topological polar surface area (TPSA) is 55.6 Å². The fourth-order valence-corrected chi connectivity index (χ4v) is 2.76. The summed E-state index contributed by atoms with van der Waals surface area (Å²) in [6.07, 6.45) is 7.24. The quantitative estimate of drug-likeness (QED) is 0.574. The highest BCUT2D eigenvalue weighted by molar-refractivity contribution is 5.58. The Morgan fingerprint density at radius 2 is 1.78 bits per heavy atom. The smallest absolute Gasteiger partial charge is 0.146 e. The minimum Gasteiger partial charge on any atom is -0.379 e. The molecule has 0 aliphatic heterocycles. The van der Waals surface area contributed by atoms with E-state index in [2.05, 4.69) is 15.3 Å². The Morgan fingerprint density at radius 3 is 2.48 bits per heavy atom. The largest absolute Gasteiger partial charge is 0.379 e. The number of benzene rings is 1. The monoisotopic (exact) mass is 359 g/mol. The van der Waals surface area contributed by atoms with Crippen molar-refractivity contribution in [2.75, 3.05) is 5.32 Å². The number of nitrogens with zero attached hydrogens (tertiary/aromatic N) is 4. The van der Waals surface area contributed by atoms with Gasteiger partial charge in [-0.1, -0.05) is 6.07 Å². The number of halogens is 1. The maximum atomic E-state index is 13.3. The highest BCUT2D eigenvalue weighted by atomic mass is 19.1. The van der Waals surface area contributed by atoms with Crippen LogP contribution in [-0.2, 0) is 6.54 Å². The molecule has 4 rings (SSSR count). The standard InChI is InChI=1S/C21H18FN5/c1-15-2-7-20(25-12-15)27-14-19(13-24-18-8-10-23-11-9-18)26-21(27)16-3-5-17(22)6-4-16/h2-12,14H,13H2,1H3,(H,23,24). The van der Waals surface area contributed by atoms with Gasteiger partial charge in [0.2, 0.25) is 0 Å². The van der Waals surface area contributed by atoms with Crippen LogP contribution in [0.15, 0.2) is 73.3 Å². The van der Waals surface area contributed by atoms with E-state index in [-0.39, 0.29) is 5.82 Å². The summed E-state index contributed by atoms with van der Waals surface area (Å²) in [5, 5.41) is 3.33. The van der Waals surface area contributed by atoms with E-state index in [9.17, 15) is 4.39 Å². The van der Waals surface area contributed by atoms with Crippen molar-refractivity contribution in [3.8, 4) is 17.2 Å². The number of hydrogen-bond donors (Lipinski definition) is 1. The van der Waals surface area contributed by atoms with Gasteiger partial charge in [-0.15, -0.1) is 0 Å². The lowest BCUT2D eigenvalue weighted by Crippen LogP contribution is -1.99. The molecule has 0 fully saturated rings. The molecule has 3 aromatic heterocycles. The van der Waals surface area contributed by atoms with Crippen molar-refractivity contribution in [3.63, 3.8) is 0 Å². The van der Waals surface area contributed by atoms with Crippen LogP contribution in [0.1, 0.15) is 11.3 Å². The minimum absolute atomic E-state index is 0.273. The molecule has 0 aliphatic carbocycles. The number of pyridine rings is 2. The Bertz CT molecular complexity index is 962. The minimum atomic E-state index is -0.273. The van der Waals surface area contributed by atoms with Gasteiger partial charge in [0.15, 0.2) is 0 Å². The molecule has 0 radical (unpaired) electrons. The van der Waals surface area contributed by atoms with Crippen LogP contribution >= 0.6 is 0 Å². The molecule has 0 saturated carbocycles. The molecule has 134 valence electrons. The van der Waals surface area contributed by atoms with Gasteiger partial charge >= 0.3 is 0 Å². The first-order valence-corrected chi connectivity index (χ1v) is 8.60. The summed E-state index contributed by atoms with van der Waals surface area (Å²) in [6.45, 7) is 2.55. The van der Waals surface area contributed by atoms with E-state index in [0.29, 0.717) is 6.54 Å². The first-order valence-electron chi connectivity index (χ1n) is 8.60. The molecule has 0 spiro atoms. The van der Waals surface area contributed by atoms with Crippen LogP contribution in [0.2, 0.25) is 0 Å². The van der Waals surface area contributed by atoms with Crippen LogP contribution < -0.4 is 5.32 Å². The summed E-state index contributed by atoms with van der Waals surface area (Å²) >= 11 is 0. The number of rotatable bonds is 5. The summed E-state index contributed by atoms with van der Waals surface area (Å²) in [6, 6.07) is 14.1. The fraction of sp³-hybridized carbons (Fsp3) is 0.0952. The highest BCUT2D eigenvalue weighted by Crippen LogP contribution is 2.23. The van der Waals surface area contributed by atoms with Crippen molar-refractivity contribution in [3.05, 3.63) is 90.4 Å². The molecule has 0 aliphatic rings. The summed E-state index contributed by atoms with van der Waals surface area (Å²) in [7, 11) is 0. The van der Waals surface area contributed by atoms with Gasteiger partial charge in [-0.2, -0.15) is 0 Å². The summed E-state index contributed by atoms with van der Waals surface area (Å²) in [4.78, 5) is 13.3. The van der Waals surface area contributed by atoms with Crippen LogP contribution in [0, 0.1) is 12.7 Å². The second kappa shape index (κ2) is 7.37. The van der Waals surface area contributed by atoms with Crippen molar-refractivity contribution in [1.29, 1.82) is 0 Å². The third-order valence-electron chi connectivity index (χ3n) is 4.15. The summed E-state index contributed by atoms with van der Waals surface area (Å²) in [5.41, 5.74) is 3.74. The van der Waals surface area contributed by atoms with Crippen molar-refractivity contribution in [2.24, 2.45) is 0 Å². The molecule has 0 saturated heterocycles. The molecule has 4 aromatic rings. The molecular weight excluding hydrogens is 341 g/mol. The molecule has 27 heavy (non-hydrogen) atoms. The van der Waals surface area contributed by atoms with Gasteiger partial charge in [0.05, 0.1) is 12.2 Å². The van der Waals surface area contributed by atoms with E-state index in [1.54, 1.807) is 24.5 Å². The lowest BCUT2D eigenvalue weighted by atomic mass is 10.2. The van der Waals surface area contributed by atoms with Gasteiger partial charge in [0, 0.05) is 36.0 Å². The Labute approximate surface area is 156 Å². The fourth-order valence-electron chi connectivity index (χ4n) is 2.76. The second-order valence-corrected chi connectivity index (χ2v) is 6.22. The lowest BCUT2D eigenvalue weighted by Gasteiger charge is -2.07. The third-order valence-corrected chi connectivity index (χ3v) is 4.15. The van der Waals surface area contributed by atoms with Crippen LogP contribution in [0.25, 0.3) is 17.2 Å². The predicted molar refractivity (Wildman–Crippen MR) is 103 cm³/mol. The van der Waals surface area contributed by atoms with Gasteiger partial charge < -0.3 is 5.32 Å². The van der Waals surface area contributed by atoms with Crippen LogP contribution in [0.4, 0.5) is 10.1 Å². The lowest BCUT2D eigenvalue weighted by molar-refractivity contribution is 0.628. The molecule has 5 nitrogen and oxygen atoms in total. The Hall–Kier alpha value is -3.54. The molecule has 0 amide bonds. The molecule has 0 atom stereocenters. The Balaban J connectivity index is 1.70. The predicted octanol–water partition coefficient (Wildman–Crippen LogP) is 4.39. The zero-order chi connectivity index (χ0) is 18.6. The molecule has 0 bridgehead atoms. The van der Waals surface area contributed by atoms with E-state index in [0.717, 1.165) is 34.2 Å². The maximum Gasteiger partial charge on any atom is 0.146 e. The average Bonchev–Trinajstić information content (AvgIpc) is 3.13. The molecule has 3 heterocycles. The molecule has 1 aromatic carbocycles. The number of anilines is 1. The molecular formula is C21H18FN5. The number of imidazole rings is 1. The average molecular weight is 359 g/mol. The van der Waals surface area contributed by atoms with Crippen molar-refractivity contribution in [1.82, 2.24) is 19.5 Å². The van der Waals surface area contributed by atoms with E-state index < -0.39 is 0 Å². The van der Waals surface area contributed by atoms with E-state index in [1.807, 2.05) is 48.1 Å². The SMILES string of the molecule is Cc1ccc(-n2cc(CNc3ccncc3)nc2-c2ccc(F)cc2)nc1. The number of aryl methyl sites for hydroxylation is 1. The number of aromatic nitrogens is 4. The highest BCUT2D eigenvalue weighted by Gasteiger charge is 2.13. The normalized spacial score (nSPS) is 10.7. The molecule has 1 N–H and O–H groups in total. The Kier molecular flexibility index (Phi) is 4.61. The van der Waals surface area contributed by atoms with Crippen molar-refractivity contribution in [2.45, 2.75) is 13.5 Å². The van der Waals surface area contributed by atoms with Gasteiger partial charge in [-0.25, -0.2) is 14.4 Å². The van der Waals surface area contributed by atoms with Crippen LogP contribution in [0.3, 0.4) is 0 Å². The van der Waals surface area contributed by atoms with Gasteiger partial charge in [-0.05, 0) is 55.0 Å². The van der Waals surface area contributed by atoms with Crippen LogP contribution in [0.5, 0.6) is 0 Å². The zero-order valence-electron chi connectivity index (χ0n) is 14.8. The van der Waals surface area contributed by atoms with Crippen LogP contribution in [-0.4, -0.2) is 19.5 Å². The molecule has 6 heteroatoms. The second-order valence-electron chi connectivity index (χ2n) is 6.22. The van der Waals surface area contributed by atoms with Crippen molar-refractivity contribution >= 4 is 5.69 Å². The first-order chi connectivity index (χ1) is 13.2. The van der Waals surface area contributed by atoms with Gasteiger partial charge in [0.25, 0.3) is 0 Å². The van der Waals surface area contributed by atoms with Gasteiger partial charge in [-0.3, -0.25) is 9.55 Å². The first kappa shape index (κ1) is 16.9. The maximum absolute atomic E-state index is 13.3. The number of nitrogens with one attached hydrogen (secondary N) is 1. The van der Waals surface area contributed by atoms with Gasteiger partial charge in [0.1, 0.15) is 17.5 Å². The summed E-state index contributed by atoms with van der Waals surface area (Å²) in [5.74, 6) is 1.21. The van der Waals surface area contributed by atoms with E-state index in [4.69, 9.17) is 4.98 Å². The third kappa shape index (κ3) is 3.84. The summed E-state index contributed by atoms with van der Waals surface area (Å²) < 4.78 is 15.3.